The first kappa shape index (κ1) is 71.3. The lowest BCUT2D eigenvalue weighted by Crippen LogP contribution is -1.94. The summed E-state index contributed by atoms with van der Waals surface area (Å²) in [6.45, 7) is 2.18. The van der Waals surface area contributed by atoms with Crippen LogP contribution >= 0.6 is 15.9 Å². The highest BCUT2D eigenvalue weighted by molar-refractivity contribution is 9.10. The van der Waals surface area contributed by atoms with Crippen molar-refractivity contribution in [2.24, 2.45) is 0 Å². The van der Waals surface area contributed by atoms with Crippen LogP contribution in [0.1, 0.15) is 5.56 Å². The minimum Gasteiger partial charge on any atom is -0.248 e. The summed E-state index contributed by atoms with van der Waals surface area (Å²) in [7, 11) is 0. The summed E-state index contributed by atoms with van der Waals surface area (Å²) < 4.78 is 1.01. The molecule has 4 aromatic heterocycles. The predicted octanol–water partition coefficient (Wildman–Crippen LogP) is 30.0. The molecular weight excluding hydrogens is 1450 g/mol. The second-order valence-corrected chi connectivity index (χ2v) is 29.5. The second kappa shape index (κ2) is 32.7. The maximum absolute atomic E-state index is 5.22. The minimum atomic E-state index is 0.937. The number of hydrogen-bond acceptors (Lipinski definition) is 4. The number of aromatic nitrogens is 4. The normalized spacial score (nSPS) is 11.1. The van der Waals surface area contributed by atoms with Crippen molar-refractivity contribution in [3.63, 3.8) is 0 Å². The van der Waals surface area contributed by atoms with Gasteiger partial charge in [0.1, 0.15) is 0 Å². The summed E-state index contributed by atoms with van der Waals surface area (Å²) in [6.07, 6.45) is 0. The van der Waals surface area contributed by atoms with E-state index in [9.17, 15) is 0 Å². The summed E-state index contributed by atoms with van der Waals surface area (Å²) in [5.41, 5.74) is 28.8. The molecule has 0 radical (unpaired) electrons. The van der Waals surface area contributed by atoms with E-state index in [-0.39, 0.29) is 0 Å². The van der Waals surface area contributed by atoms with Gasteiger partial charge in [0.05, 0.1) is 45.6 Å². The molecule has 538 valence electrons. The van der Waals surface area contributed by atoms with Crippen molar-refractivity contribution >= 4 is 59.0 Å². The lowest BCUT2D eigenvalue weighted by molar-refractivity contribution is 1.32. The van der Waals surface area contributed by atoms with Gasteiger partial charge in [-0.25, -0.2) is 19.9 Å². The molecule has 20 aromatic rings. The van der Waals surface area contributed by atoms with Crippen molar-refractivity contribution in [1.82, 2.24) is 19.9 Å². The van der Waals surface area contributed by atoms with Gasteiger partial charge in [0.2, 0.25) is 0 Å². The number of aryl methyl sites for hydroxylation is 1. The van der Waals surface area contributed by atoms with E-state index < -0.39 is 0 Å². The topological polar surface area (TPSA) is 51.6 Å². The molecule has 0 spiro atoms. The third-order valence-corrected chi connectivity index (χ3v) is 21.5. The molecule has 0 aliphatic carbocycles. The fourth-order valence-electron chi connectivity index (χ4n) is 15.4. The first-order valence-electron chi connectivity index (χ1n) is 38.6. The van der Waals surface area contributed by atoms with E-state index in [0.29, 0.717) is 0 Å². The smallest absolute Gasteiger partial charge is 0.0715 e. The quantitative estimate of drug-likeness (QED) is 0.108. The molecule has 5 heteroatoms. The van der Waals surface area contributed by atoms with E-state index in [0.717, 1.165) is 145 Å². The minimum absolute atomic E-state index is 0.937. The summed E-state index contributed by atoms with van der Waals surface area (Å²) in [5, 5.41) is 10.3. The molecule has 0 unspecified atom stereocenters. The van der Waals surface area contributed by atoms with Gasteiger partial charge in [-0.2, -0.15) is 0 Å². The van der Waals surface area contributed by atoms with Gasteiger partial charge in [-0.3, -0.25) is 0 Å². The standard InChI is InChI=1S/C54H36N2.C40H27BrN2.C15H12/c1-5-17-37(18-6-1)51-33-44(34-52(55-51)38-19-7-2-8-20-38)42-29-43(31-46(30-42)50-32-41-25-13-14-26-47(41)48-27-15-16-28-49(48)50)45-35-53(39-21-9-3-10-22-39)56-54(36-45)40-23-11-4-12-24-40;41-36-22-32(34-24-37(28-13-5-1-6-14-28)42-38(25-34)29-15-7-2-8-16-29)21-33(23-36)35-26-39(30-17-9-3-10-18-30)43-40(27-35)31-19-11-4-12-20-31;1-11-10-12-6-2-3-8-14(12)15-9-5-4-7-13(11)15/h1-36H;1-27H;2-10H,1H3. The first-order valence-corrected chi connectivity index (χ1v) is 39.4. The average Bonchev–Trinajstić information content (AvgIpc) is 0.759. The van der Waals surface area contributed by atoms with E-state index in [1.54, 1.807) is 0 Å². The van der Waals surface area contributed by atoms with Gasteiger partial charge in [0.25, 0.3) is 0 Å². The van der Waals surface area contributed by atoms with Crippen molar-refractivity contribution in [2.45, 2.75) is 6.92 Å². The first-order chi connectivity index (χ1) is 56.3. The van der Waals surface area contributed by atoms with Crippen LogP contribution in [-0.4, -0.2) is 19.9 Å². The molecule has 0 aliphatic heterocycles. The molecule has 16 aromatic carbocycles. The SMILES string of the molecule is Brc1cc(-c2cc(-c3ccccc3)nc(-c3ccccc3)c2)cc(-c2cc(-c3ccccc3)nc(-c3ccccc3)c2)c1.Cc1cc2ccccc2c2ccccc12.c1ccc(-c2cc(-c3cc(-c4cc(-c5ccccc5)nc(-c5ccccc5)c4)cc(-c4cc5ccccc5c5ccccc45)c3)cc(-c3ccccc3)n2)cc1. The van der Waals surface area contributed by atoms with Crippen LogP contribution in [0.5, 0.6) is 0 Å². The molecule has 4 nitrogen and oxygen atoms in total. The maximum Gasteiger partial charge on any atom is 0.0715 e. The van der Waals surface area contributed by atoms with Crippen molar-refractivity contribution in [3.8, 4) is 146 Å². The molecular formula is C109H75BrN4. The van der Waals surface area contributed by atoms with Crippen LogP contribution in [0.25, 0.3) is 189 Å². The van der Waals surface area contributed by atoms with Gasteiger partial charge < -0.3 is 0 Å². The third kappa shape index (κ3) is 15.6. The van der Waals surface area contributed by atoms with Gasteiger partial charge in [-0.05, 0) is 202 Å². The lowest BCUT2D eigenvalue weighted by atomic mass is 9.88. The zero-order chi connectivity index (χ0) is 76.5. The number of fused-ring (bicyclic) bond motifs is 6. The lowest BCUT2D eigenvalue weighted by Gasteiger charge is -2.17. The van der Waals surface area contributed by atoms with Gasteiger partial charge in [0.15, 0.2) is 0 Å². The predicted molar refractivity (Wildman–Crippen MR) is 484 cm³/mol. The fraction of sp³-hybridized carbons (Fsp3) is 0.00917. The van der Waals surface area contributed by atoms with Crippen LogP contribution in [-0.2, 0) is 0 Å². The Morgan fingerprint density at radius 2 is 0.360 bits per heavy atom. The van der Waals surface area contributed by atoms with Crippen LogP contribution in [0.3, 0.4) is 0 Å². The Balaban J connectivity index is 0.000000137. The Morgan fingerprint density at radius 3 is 0.649 bits per heavy atom. The Hall–Kier alpha value is -14.4. The molecule has 114 heavy (non-hydrogen) atoms. The number of rotatable bonds is 13. The van der Waals surface area contributed by atoms with Crippen molar-refractivity contribution in [2.75, 3.05) is 0 Å². The Kier molecular flexibility index (Phi) is 20.4. The molecule has 4 heterocycles. The number of benzene rings is 16. The Bertz CT molecular complexity index is 6300. The molecule has 0 aliphatic rings. The van der Waals surface area contributed by atoms with Gasteiger partial charge >= 0.3 is 0 Å². The number of nitrogens with zero attached hydrogens (tertiary/aromatic N) is 4. The van der Waals surface area contributed by atoms with Crippen molar-refractivity contribution < 1.29 is 0 Å². The van der Waals surface area contributed by atoms with Crippen LogP contribution in [0.2, 0.25) is 0 Å². The van der Waals surface area contributed by atoms with Crippen molar-refractivity contribution in [3.05, 3.63) is 447 Å². The number of pyridine rings is 4. The summed E-state index contributed by atoms with van der Waals surface area (Å²) >= 11 is 3.83. The largest absolute Gasteiger partial charge is 0.248 e. The zero-order valence-electron chi connectivity index (χ0n) is 62.7. The van der Waals surface area contributed by atoms with Crippen molar-refractivity contribution in [1.29, 1.82) is 0 Å². The molecule has 0 amide bonds. The molecule has 20 rings (SSSR count). The third-order valence-electron chi connectivity index (χ3n) is 21.1. The van der Waals surface area contributed by atoms with Crippen LogP contribution < -0.4 is 0 Å². The molecule has 0 N–H and O–H groups in total. The highest BCUT2D eigenvalue weighted by Crippen LogP contribution is 2.43. The molecule has 0 bridgehead atoms. The van der Waals surface area contributed by atoms with Gasteiger partial charge in [-0.1, -0.05) is 362 Å². The van der Waals surface area contributed by atoms with E-state index in [1.807, 2.05) is 24.3 Å². The average molecular weight is 1520 g/mol. The zero-order valence-corrected chi connectivity index (χ0v) is 64.3. The highest BCUT2D eigenvalue weighted by Gasteiger charge is 2.19. The molecule has 0 saturated heterocycles. The van der Waals surface area contributed by atoms with E-state index in [4.69, 9.17) is 19.9 Å². The van der Waals surface area contributed by atoms with E-state index in [2.05, 4.69) is 435 Å². The fourth-order valence-corrected chi connectivity index (χ4v) is 15.9. The van der Waals surface area contributed by atoms with E-state index in [1.165, 1.54) is 54.2 Å². The van der Waals surface area contributed by atoms with Crippen LogP contribution in [0.4, 0.5) is 0 Å². The summed E-state index contributed by atoms with van der Waals surface area (Å²) in [4.78, 5) is 20.6. The van der Waals surface area contributed by atoms with E-state index >= 15 is 0 Å². The maximum atomic E-state index is 5.22. The number of halogens is 1. The summed E-state index contributed by atoms with van der Waals surface area (Å²) in [6, 6.07) is 154. The summed E-state index contributed by atoms with van der Waals surface area (Å²) in [5.74, 6) is 0. The van der Waals surface area contributed by atoms with Gasteiger partial charge in [0, 0.05) is 49.0 Å². The van der Waals surface area contributed by atoms with Gasteiger partial charge in [-0.15, -0.1) is 0 Å². The second-order valence-electron chi connectivity index (χ2n) is 28.6. The molecule has 0 saturated carbocycles. The Morgan fingerprint density at radius 1 is 0.158 bits per heavy atom. The Labute approximate surface area is 673 Å². The molecule has 0 atom stereocenters. The highest BCUT2D eigenvalue weighted by atomic mass is 79.9. The van der Waals surface area contributed by atoms with Crippen LogP contribution in [0.15, 0.2) is 441 Å². The monoisotopic (exact) mass is 1520 g/mol. The van der Waals surface area contributed by atoms with Crippen LogP contribution in [0, 0.1) is 6.92 Å². The number of hydrogen-bond donors (Lipinski definition) is 0. The molecule has 0 fully saturated rings.